The Morgan fingerprint density at radius 3 is 2.74 bits per heavy atom. The van der Waals surface area contributed by atoms with Crippen LogP contribution in [0.2, 0.25) is 0 Å². The van der Waals surface area contributed by atoms with Crippen LogP contribution < -0.4 is 10.6 Å². The number of carbonyl (C=O) groups excluding carboxylic acids is 2. The van der Waals surface area contributed by atoms with Crippen LogP contribution in [0.25, 0.3) is 5.65 Å². The quantitative estimate of drug-likeness (QED) is 0.512. The summed E-state index contributed by atoms with van der Waals surface area (Å²) in [4.78, 5) is 26.0. The number of nitrogens with zero attached hydrogens (tertiary/aromatic N) is 5. The predicted molar refractivity (Wildman–Crippen MR) is 117 cm³/mol. The van der Waals surface area contributed by atoms with Gasteiger partial charge in [0.15, 0.2) is 11.5 Å². The van der Waals surface area contributed by atoms with Crippen LogP contribution in [0.5, 0.6) is 0 Å². The van der Waals surface area contributed by atoms with Crippen LogP contribution in [-0.2, 0) is 11.2 Å². The number of carbonyl (C=O) groups is 2. The summed E-state index contributed by atoms with van der Waals surface area (Å²) >= 11 is 0. The third-order valence-electron chi connectivity index (χ3n) is 5.33. The SMILES string of the molecule is O=C(NCCc1nnc2ccc(NCCCN3CCCCC3=O)nn12)c1ccccc1. The fourth-order valence-electron chi connectivity index (χ4n) is 3.65. The Bertz CT molecular complexity index is 1030. The highest BCUT2D eigenvalue weighted by Crippen LogP contribution is 2.11. The number of aromatic nitrogens is 4. The first kappa shape index (κ1) is 20.8. The molecule has 1 aliphatic heterocycles. The molecule has 0 unspecified atom stereocenters. The van der Waals surface area contributed by atoms with Crippen LogP contribution in [-0.4, -0.2) is 62.7 Å². The van der Waals surface area contributed by atoms with Crippen LogP contribution in [0.3, 0.4) is 0 Å². The lowest BCUT2D eigenvalue weighted by Gasteiger charge is -2.26. The molecule has 0 radical (unpaired) electrons. The van der Waals surface area contributed by atoms with Crippen LogP contribution in [0.15, 0.2) is 42.5 Å². The number of likely N-dealkylation sites (tertiary alicyclic amines) is 1. The second-order valence-corrected chi connectivity index (χ2v) is 7.59. The molecular weight excluding hydrogens is 394 g/mol. The number of anilines is 1. The average Bonchev–Trinajstić information content (AvgIpc) is 3.20. The van der Waals surface area contributed by atoms with Gasteiger partial charge in [-0.25, -0.2) is 0 Å². The summed E-state index contributed by atoms with van der Waals surface area (Å²) in [7, 11) is 0. The second-order valence-electron chi connectivity index (χ2n) is 7.59. The summed E-state index contributed by atoms with van der Waals surface area (Å²) in [6.45, 7) is 2.81. The molecule has 1 saturated heterocycles. The van der Waals surface area contributed by atoms with Gasteiger partial charge in [-0.15, -0.1) is 15.3 Å². The van der Waals surface area contributed by atoms with Gasteiger partial charge in [0.2, 0.25) is 5.91 Å². The van der Waals surface area contributed by atoms with Crippen LogP contribution in [0, 0.1) is 0 Å². The van der Waals surface area contributed by atoms with Gasteiger partial charge in [-0.05, 0) is 43.5 Å². The molecule has 0 aliphatic carbocycles. The lowest BCUT2D eigenvalue weighted by Crippen LogP contribution is -2.36. The second kappa shape index (κ2) is 10.0. The minimum absolute atomic E-state index is 0.114. The minimum atomic E-state index is -0.114. The van der Waals surface area contributed by atoms with E-state index in [0.717, 1.165) is 44.7 Å². The average molecular weight is 422 g/mol. The van der Waals surface area contributed by atoms with Crippen molar-refractivity contribution in [3.05, 3.63) is 53.9 Å². The van der Waals surface area contributed by atoms with E-state index < -0.39 is 0 Å². The number of hydrogen-bond acceptors (Lipinski definition) is 6. The van der Waals surface area contributed by atoms with E-state index in [1.165, 1.54) is 0 Å². The zero-order valence-corrected chi connectivity index (χ0v) is 17.5. The Morgan fingerprint density at radius 1 is 1.03 bits per heavy atom. The molecule has 0 spiro atoms. The first-order valence-corrected chi connectivity index (χ1v) is 10.8. The molecule has 0 bridgehead atoms. The Morgan fingerprint density at radius 2 is 1.90 bits per heavy atom. The van der Waals surface area contributed by atoms with Crippen molar-refractivity contribution in [2.75, 3.05) is 31.5 Å². The summed E-state index contributed by atoms with van der Waals surface area (Å²) in [6, 6.07) is 12.8. The van der Waals surface area contributed by atoms with Gasteiger partial charge in [0.25, 0.3) is 5.91 Å². The van der Waals surface area contributed by atoms with Gasteiger partial charge in [-0.1, -0.05) is 18.2 Å². The van der Waals surface area contributed by atoms with Crippen molar-refractivity contribution in [1.82, 2.24) is 30.0 Å². The molecule has 0 atom stereocenters. The van der Waals surface area contributed by atoms with Gasteiger partial charge in [-0.2, -0.15) is 4.52 Å². The van der Waals surface area contributed by atoms with Gasteiger partial charge in [0, 0.05) is 44.6 Å². The van der Waals surface area contributed by atoms with E-state index in [9.17, 15) is 9.59 Å². The van der Waals surface area contributed by atoms with Gasteiger partial charge >= 0.3 is 0 Å². The monoisotopic (exact) mass is 421 g/mol. The minimum Gasteiger partial charge on any atom is -0.369 e. The van der Waals surface area contributed by atoms with Crippen molar-refractivity contribution < 1.29 is 9.59 Å². The molecule has 0 saturated carbocycles. The number of rotatable bonds is 9. The van der Waals surface area contributed by atoms with Crippen molar-refractivity contribution >= 4 is 23.3 Å². The molecule has 1 aliphatic rings. The number of amides is 2. The van der Waals surface area contributed by atoms with Gasteiger partial charge in [0.1, 0.15) is 5.82 Å². The third-order valence-corrected chi connectivity index (χ3v) is 5.33. The van der Waals surface area contributed by atoms with Crippen molar-refractivity contribution in [2.45, 2.75) is 32.1 Å². The molecule has 162 valence electrons. The molecule has 2 aromatic heterocycles. The number of hydrogen-bond donors (Lipinski definition) is 2. The Balaban J connectivity index is 1.28. The molecule has 2 amide bonds. The van der Waals surface area contributed by atoms with E-state index in [1.54, 1.807) is 16.6 Å². The largest absolute Gasteiger partial charge is 0.369 e. The first-order chi connectivity index (χ1) is 15.2. The van der Waals surface area contributed by atoms with Crippen molar-refractivity contribution in [2.24, 2.45) is 0 Å². The molecular formula is C22H27N7O2. The summed E-state index contributed by atoms with van der Waals surface area (Å²) in [6.07, 6.45) is 4.17. The highest BCUT2D eigenvalue weighted by Gasteiger charge is 2.17. The molecule has 2 N–H and O–H groups in total. The van der Waals surface area contributed by atoms with Crippen molar-refractivity contribution in [3.63, 3.8) is 0 Å². The Hall–Kier alpha value is -3.49. The maximum absolute atomic E-state index is 12.2. The summed E-state index contributed by atoms with van der Waals surface area (Å²) in [5.74, 6) is 1.56. The fraction of sp³-hybridized carbons (Fsp3) is 0.409. The van der Waals surface area contributed by atoms with E-state index in [4.69, 9.17) is 0 Å². The number of piperidine rings is 1. The van der Waals surface area contributed by atoms with E-state index in [2.05, 4.69) is 25.9 Å². The van der Waals surface area contributed by atoms with E-state index in [-0.39, 0.29) is 11.8 Å². The first-order valence-electron chi connectivity index (χ1n) is 10.8. The Kier molecular flexibility index (Phi) is 6.71. The molecule has 1 fully saturated rings. The molecule has 1 aromatic carbocycles. The van der Waals surface area contributed by atoms with Gasteiger partial charge < -0.3 is 15.5 Å². The van der Waals surface area contributed by atoms with E-state index >= 15 is 0 Å². The number of benzene rings is 1. The normalized spacial score (nSPS) is 14.1. The number of nitrogens with one attached hydrogen (secondary N) is 2. The molecule has 9 heteroatoms. The van der Waals surface area contributed by atoms with Crippen LogP contribution >= 0.6 is 0 Å². The zero-order chi connectivity index (χ0) is 21.5. The van der Waals surface area contributed by atoms with Crippen molar-refractivity contribution in [1.29, 1.82) is 0 Å². The molecule has 3 heterocycles. The topological polar surface area (TPSA) is 105 Å². The van der Waals surface area contributed by atoms with Gasteiger partial charge in [0.05, 0.1) is 0 Å². The molecule has 4 rings (SSSR count). The third kappa shape index (κ3) is 5.36. The highest BCUT2D eigenvalue weighted by atomic mass is 16.2. The highest BCUT2D eigenvalue weighted by molar-refractivity contribution is 5.94. The fourth-order valence-corrected chi connectivity index (χ4v) is 3.65. The van der Waals surface area contributed by atoms with Crippen LogP contribution in [0.1, 0.15) is 41.9 Å². The smallest absolute Gasteiger partial charge is 0.251 e. The van der Waals surface area contributed by atoms with Gasteiger partial charge in [-0.3, -0.25) is 9.59 Å². The molecule has 9 nitrogen and oxygen atoms in total. The standard InChI is InChI=1S/C22H27N7O2/c30-21-9-4-5-15-28(21)16-6-13-23-18-10-11-19-25-26-20(29(19)27-18)12-14-24-22(31)17-7-2-1-3-8-17/h1-3,7-8,10-11H,4-6,9,12-16H2,(H,23,27)(H,24,31). The maximum atomic E-state index is 12.2. The van der Waals surface area contributed by atoms with E-state index in [0.29, 0.717) is 36.4 Å². The van der Waals surface area contributed by atoms with Crippen LogP contribution in [0.4, 0.5) is 5.82 Å². The summed E-state index contributed by atoms with van der Waals surface area (Å²) in [5, 5.41) is 19.1. The zero-order valence-electron chi connectivity index (χ0n) is 17.5. The summed E-state index contributed by atoms with van der Waals surface area (Å²) < 4.78 is 1.70. The summed E-state index contributed by atoms with van der Waals surface area (Å²) in [5.41, 5.74) is 1.29. The predicted octanol–water partition coefficient (Wildman–Crippen LogP) is 1.91. The van der Waals surface area contributed by atoms with Crippen molar-refractivity contribution in [3.8, 4) is 0 Å². The lowest BCUT2D eigenvalue weighted by atomic mass is 10.1. The van der Waals surface area contributed by atoms with E-state index in [1.807, 2.05) is 35.2 Å². The molecule has 31 heavy (non-hydrogen) atoms. The lowest BCUT2D eigenvalue weighted by molar-refractivity contribution is -0.133. The number of fused-ring (bicyclic) bond motifs is 1. The molecule has 3 aromatic rings. The Labute approximate surface area is 180 Å². The maximum Gasteiger partial charge on any atom is 0.251 e.